The third-order valence-electron chi connectivity index (χ3n) is 7.59. The first-order valence-corrected chi connectivity index (χ1v) is 12.8. The summed E-state index contributed by atoms with van der Waals surface area (Å²) < 4.78 is 71.3. The molecule has 0 aliphatic heterocycles. The maximum absolute atomic E-state index is 15.3. The second kappa shape index (κ2) is 11.1. The largest absolute Gasteiger partial charge is 0.573 e. The maximum atomic E-state index is 15.3. The standard InChI is InChI=1S/C29H33F5O/c1-2-3-4-19-5-7-20(8-6-19)9-10-21-11-16-25-23(17-21)18-26(30)27(28(25)31)22-12-14-24(15-13-22)35-29(32,33)34/h12-15,17-20H,2-11,16H2,1H3. The Kier molecular flexibility index (Phi) is 8.18. The Morgan fingerprint density at radius 3 is 2.20 bits per heavy atom. The molecule has 0 saturated heterocycles. The third kappa shape index (κ3) is 6.65. The van der Waals surface area contributed by atoms with E-state index in [9.17, 15) is 17.6 Å². The van der Waals surface area contributed by atoms with Crippen LogP contribution in [0.3, 0.4) is 0 Å². The first-order valence-electron chi connectivity index (χ1n) is 12.8. The molecule has 0 unspecified atom stereocenters. The van der Waals surface area contributed by atoms with E-state index in [4.69, 9.17) is 0 Å². The molecule has 6 heteroatoms. The molecule has 0 N–H and O–H groups in total. The molecule has 35 heavy (non-hydrogen) atoms. The van der Waals surface area contributed by atoms with Crippen LogP contribution in [0.15, 0.2) is 35.9 Å². The number of hydrogen-bond acceptors (Lipinski definition) is 1. The Morgan fingerprint density at radius 2 is 1.57 bits per heavy atom. The third-order valence-corrected chi connectivity index (χ3v) is 7.59. The SMILES string of the molecule is CCCCC1CCC(CCC2=Cc3cc(F)c(-c4ccc(OC(F)(F)F)cc4)c(F)c3CC2)CC1. The lowest BCUT2D eigenvalue weighted by Crippen LogP contribution is -2.17. The summed E-state index contributed by atoms with van der Waals surface area (Å²) in [4.78, 5) is 0. The minimum atomic E-state index is -4.82. The molecule has 190 valence electrons. The minimum Gasteiger partial charge on any atom is -0.406 e. The van der Waals surface area contributed by atoms with Gasteiger partial charge in [0.1, 0.15) is 17.4 Å². The second-order valence-electron chi connectivity index (χ2n) is 10.1. The maximum Gasteiger partial charge on any atom is 0.573 e. The number of unbranched alkanes of at least 4 members (excludes halogenated alkanes) is 1. The van der Waals surface area contributed by atoms with E-state index in [-0.39, 0.29) is 11.1 Å². The molecule has 0 heterocycles. The van der Waals surface area contributed by atoms with Gasteiger partial charge in [-0.15, -0.1) is 13.2 Å². The first kappa shape index (κ1) is 25.7. The van der Waals surface area contributed by atoms with Gasteiger partial charge < -0.3 is 4.74 Å². The van der Waals surface area contributed by atoms with Crippen LogP contribution in [0.1, 0.15) is 82.3 Å². The minimum absolute atomic E-state index is 0.182. The monoisotopic (exact) mass is 492 g/mol. The van der Waals surface area contributed by atoms with Crippen molar-refractivity contribution >= 4 is 6.08 Å². The Balaban J connectivity index is 1.41. The van der Waals surface area contributed by atoms with E-state index < -0.39 is 23.7 Å². The summed E-state index contributed by atoms with van der Waals surface area (Å²) in [6.45, 7) is 2.24. The van der Waals surface area contributed by atoms with E-state index in [1.807, 2.05) is 6.08 Å². The van der Waals surface area contributed by atoms with Crippen molar-refractivity contribution in [3.05, 3.63) is 58.7 Å². The zero-order valence-corrected chi connectivity index (χ0v) is 20.2. The van der Waals surface area contributed by atoms with Crippen LogP contribution in [-0.4, -0.2) is 6.36 Å². The molecule has 1 nitrogen and oxygen atoms in total. The molecule has 2 aliphatic rings. The van der Waals surface area contributed by atoms with Crippen LogP contribution in [-0.2, 0) is 6.42 Å². The summed E-state index contributed by atoms with van der Waals surface area (Å²) in [6, 6.07) is 5.98. The van der Waals surface area contributed by atoms with E-state index >= 15 is 4.39 Å². The van der Waals surface area contributed by atoms with Crippen molar-refractivity contribution in [2.75, 3.05) is 0 Å². The quantitative estimate of drug-likeness (QED) is 0.333. The van der Waals surface area contributed by atoms with Crippen LogP contribution < -0.4 is 4.74 Å². The number of allylic oxidation sites excluding steroid dienone is 1. The highest BCUT2D eigenvalue weighted by molar-refractivity contribution is 5.71. The summed E-state index contributed by atoms with van der Waals surface area (Å²) in [5, 5.41) is 0. The van der Waals surface area contributed by atoms with Gasteiger partial charge in [0, 0.05) is 0 Å². The van der Waals surface area contributed by atoms with Crippen molar-refractivity contribution in [3.63, 3.8) is 0 Å². The van der Waals surface area contributed by atoms with Crippen LogP contribution in [0, 0.1) is 23.5 Å². The lowest BCUT2D eigenvalue weighted by molar-refractivity contribution is -0.274. The molecule has 2 aromatic rings. The van der Waals surface area contributed by atoms with E-state index in [0.29, 0.717) is 17.5 Å². The summed E-state index contributed by atoms with van der Waals surface area (Å²) in [5.41, 5.74) is 2.26. The first-order chi connectivity index (χ1) is 16.7. The predicted molar refractivity (Wildman–Crippen MR) is 129 cm³/mol. The van der Waals surface area contributed by atoms with Crippen molar-refractivity contribution in [1.82, 2.24) is 0 Å². The molecule has 1 fully saturated rings. The summed E-state index contributed by atoms with van der Waals surface area (Å²) in [5.74, 6) is -0.142. The molecule has 2 aromatic carbocycles. The number of fused-ring (bicyclic) bond motifs is 1. The molecular weight excluding hydrogens is 459 g/mol. The van der Waals surface area contributed by atoms with Gasteiger partial charge in [0.15, 0.2) is 0 Å². The topological polar surface area (TPSA) is 9.23 Å². The zero-order chi connectivity index (χ0) is 25.0. The molecular formula is C29H33F5O. The van der Waals surface area contributed by atoms with E-state index in [1.165, 1.54) is 68.7 Å². The number of ether oxygens (including phenoxy) is 1. The summed E-state index contributed by atoms with van der Waals surface area (Å²) >= 11 is 0. The van der Waals surface area contributed by atoms with Gasteiger partial charge >= 0.3 is 6.36 Å². The van der Waals surface area contributed by atoms with Gasteiger partial charge in [0.25, 0.3) is 0 Å². The molecule has 0 bridgehead atoms. The van der Waals surface area contributed by atoms with E-state index in [0.717, 1.165) is 43.2 Å². The number of hydrogen-bond donors (Lipinski definition) is 0. The Labute approximate surface area is 204 Å². The molecule has 0 radical (unpaired) electrons. The highest BCUT2D eigenvalue weighted by Gasteiger charge is 2.31. The molecule has 1 saturated carbocycles. The lowest BCUT2D eigenvalue weighted by atomic mass is 9.77. The molecule has 0 aromatic heterocycles. The van der Waals surface area contributed by atoms with Gasteiger partial charge in [-0.05, 0) is 72.4 Å². The normalized spacial score (nSPS) is 20.3. The van der Waals surface area contributed by atoms with Crippen LogP contribution in [0.4, 0.5) is 22.0 Å². The molecule has 0 amide bonds. The molecule has 4 rings (SSSR count). The molecule has 0 spiro atoms. The highest BCUT2D eigenvalue weighted by atomic mass is 19.4. The van der Waals surface area contributed by atoms with E-state index in [2.05, 4.69) is 11.7 Å². The van der Waals surface area contributed by atoms with Crippen molar-refractivity contribution in [2.24, 2.45) is 11.8 Å². The van der Waals surface area contributed by atoms with Crippen LogP contribution in [0.2, 0.25) is 0 Å². The number of benzene rings is 2. The van der Waals surface area contributed by atoms with Crippen LogP contribution >= 0.6 is 0 Å². The van der Waals surface area contributed by atoms with Crippen molar-refractivity contribution in [3.8, 4) is 16.9 Å². The summed E-state index contributed by atoms with van der Waals surface area (Å²) in [6.07, 6.45) is 9.65. The average Bonchev–Trinajstić information content (AvgIpc) is 2.82. The molecule has 2 aliphatic carbocycles. The second-order valence-corrected chi connectivity index (χ2v) is 10.1. The summed E-state index contributed by atoms with van der Waals surface area (Å²) in [7, 11) is 0. The predicted octanol–water partition coefficient (Wildman–Crippen LogP) is 9.64. The fraction of sp³-hybridized carbons (Fsp3) is 0.517. The smallest absolute Gasteiger partial charge is 0.406 e. The lowest BCUT2D eigenvalue weighted by Gasteiger charge is -2.29. The highest BCUT2D eigenvalue weighted by Crippen LogP contribution is 2.39. The van der Waals surface area contributed by atoms with Crippen molar-refractivity contribution in [2.45, 2.75) is 83.9 Å². The van der Waals surface area contributed by atoms with Crippen molar-refractivity contribution < 1.29 is 26.7 Å². The van der Waals surface area contributed by atoms with Crippen LogP contribution in [0.5, 0.6) is 5.75 Å². The number of alkyl halides is 3. The Bertz CT molecular complexity index is 1030. The average molecular weight is 493 g/mol. The van der Waals surface area contributed by atoms with Gasteiger partial charge in [0.05, 0.1) is 5.56 Å². The zero-order valence-electron chi connectivity index (χ0n) is 20.2. The van der Waals surface area contributed by atoms with Crippen molar-refractivity contribution in [1.29, 1.82) is 0 Å². The number of halogens is 5. The van der Waals surface area contributed by atoms with Gasteiger partial charge in [-0.3, -0.25) is 0 Å². The Morgan fingerprint density at radius 1 is 0.914 bits per heavy atom. The Hall–Kier alpha value is -2.37. The van der Waals surface area contributed by atoms with Gasteiger partial charge in [-0.1, -0.05) is 75.7 Å². The fourth-order valence-corrected chi connectivity index (χ4v) is 5.61. The van der Waals surface area contributed by atoms with Gasteiger partial charge in [-0.25, -0.2) is 8.78 Å². The number of rotatable bonds is 8. The molecule has 0 atom stereocenters. The van der Waals surface area contributed by atoms with Crippen LogP contribution in [0.25, 0.3) is 17.2 Å². The van der Waals surface area contributed by atoms with Gasteiger partial charge in [-0.2, -0.15) is 0 Å². The van der Waals surface area contributed by atoms with Gasteiger partial charge in [0.2, 0.25) is 0 Å². The van der Waals surface area contributed by atoms with E-state index in [1.54, 1.807) is 0 Å². The fourth-order valence-electron chi connectivity index (χ4n) is 5.61.